The molecule has 1 saturated carbocycles. The lowest BCUT2D eigenvalue weighted by Crippen LogP contribution is -2.42. The highest BCUT2D eigenvalue weighted by Gasteiger charge is 2.36. The SMILES string of the molecule is CNC(C1CC1)C1CCN(C)CC1. The predicted molar refractivity (Wildman–Crippen MR) is 55.8 cm³/mol. The molecule has 1 N–H and O–H groups in total. The fourth-order valence-corrected chi connectivity index (χ4v) is 2.70. The maximum absolute atomic E-state index is 3.53. The van der Waals surface area contributed by atoms with Crippen LogP contribution in [-0.2, 0) is 0 Å². The van der Waals surface area contributed by atoms with Crippen molar-refractivity contribution in [2.24, 2.45) is 11.8 Å². The Morgan fingerprint density at radius 2 is 1.62 bits per heavy atom. The van der Waals surface area contributed by atoms with E-state index in [1.54, 1.807) is 0 Å². The van der Waals surface area contributed by atoms with Gasteiger partial charge in [-0.15, -0.1) is 0 Å². The summed E-state index contributed by atoms with van der Waals surface area (Å²) in [7, 11) is 4.38. The van der Waals surface area contributed by atoms with E-state index < -0.39 is 0 Å². The van der Waals surface area contributed by atoms with Crippen LogP contribution in [0.4, 0.5) is 0 Å². The molecule has 76 valence electrons. The summed E-state index contributed by atoms with van der Waals surface area (Å²) in [6.07, 6.45) is 5.74. The summed E-state index contributed by atoms with van der Waals surface area (Å²) in [5, 5.41) is 3.53. The number of piperidine rings is 1. The second kappa shape index (κ2) is 3.97. The highest BCUT2D eigenvalue weighted by molar-refractivity contribution is 4.91. The van der Waals surface area contributed by atoms with Crippen molar-refractivity contribution in [3.8, 4) is 0 Å². The minimum absolute atomic E-state index is 0.827. The van der Waals surface area contributed by atoms with Crippen LogP contribution < -0.4 is 5.32 Å². The van der Waals surface area contributed by atoms with Gasteiger partial charge in [0.25, 0.3) is 0 Å². The van der Waals surface area contributed by atoms with E-state index in [-0.39, 0.29) is 0 Å². The van der Waals surface area contributed by atoms with E-state index in [0.29, 0.717) is 0 Å². The van der Waals surface area contributed by atoms with Gasteiger partial charge in [-0.3, -0.25) is 0 Å². The zero-order valence-electron chi connectivity index (χ0n) is 8.92. The molecule has 0 aromatic rings. The van der Waals surface area contributed by atoms with Crippen molar-refractivity contribution in [2.45, 2.75) is 31.7 Å². The summed E-state index contributed by atoms with van der Waals surface area (Å²) in [6, 6.07) is 0.827. The van der Waals surface area contributed by atoms with Crippen molar-refractivity contribution in [2.75, 3.05) is 27.2 Å². The van der Waals surface area contributed by atoms with Gasteiger partial charge in [0.2, 0.25) is 0 Å². The Morgan fingerprint density at radius 3 is 2.08 bits per heavy atom. The van der Waals surface area contributed by atoms with E-state index >= 15 is 0 Å². The Labute approximate surface area is 81.7 Å². The fourth-order valence-electron chi connectivity index (χ4n) is 2.70. The summed E-state index contributed by atoms with van der Waals surface area (Å²) in [5.74, 6) is 1.96. The van der Waals surface area contributed by atoms with Crippen LogP contribution in [-0.4, -0.2) is 38.1 Å². The topological polar surface area (TPSA) is 15.3 Å². The molecule has 0 spiro atoms. The third-order valence-electron chi connectivity index (χ3n) is 3.73. The van der Waals surface area contributed by atoms with E-state index in [4.69, 9.17) is 0 Å². The molecule has 1 atom stereocenters. The molecule has 2 fully saturated rings. The molecule has 0 aromatic heterocycles. The second-order valence-electron chi connectivity index (χ2n) is 4.79. The summed E-state index contributed by atoms with van der Waals surface area (Å²) in [5.41, 5.74) is 0. The van der Waals surface area contributed by atoms with E-state index in [2.05, 4.69) is 24.3 Å². The van der Waals surface area contributed by atoms with E-state index in [1.807, 2.05) is 0 Å². The molecular weight excluding hydrogens is 160 g/mol. The molecular formula is C11H22N2. The molecule has 1 heterocycles. The molecule has 2 heteroatoms. The molecule has 1 unspecified atom stereocenters. The molecule has 2 nitrogen and oxygen atoms in total. The van der Waals surface area contributed by atoms with E-state index in [0.717, 1.165) is 17.9 Å². The maximum Gasteiger partial charge on any atom is 0.0121 e. The van der Waals surface area contributed by atoms with Gasteiger partial charge in [-0.05, 0) is 64.7 Å². The fraction of sp³-hybridized carbons (Fsp3) is 1.00. The van der Waals surface area contributed by atoms with Gasteiger partial charge in [-0.2, -0.15) is 0 Å². The van der Waals surface area contributed by atoms with Gasteiger partial charge < -0.3 is 10.2 Å². The lowest BCUT2D eigenvalue weighted by molar-refractivity contribution is 0.178. The average Bonchev–Trinajstić information content (AvgIpc) is 2.93. The lowest BCUT2D eigenvalue weighted by atomic mass is 9.87. The van der Waals surface area contributed by atoms with Crippen molar-refractivity contribution in [1.29, 1.82) is 0 Å². The number of hydrogen-bond donors (Lipinski definition) is 1. The Morgan fingerprint density at radius 1 is 1.08 bits per heavy atom. The average molecular weight is 182 g/mol. The first-order valence-electron chi connectivity index (χ1n) is 5.67. The van der Waals surface area contributed by atoms with E-state index in [9.17, 15) is 0 Å². The van der Waals surface area contributed by atoms with Gasteiger partial charge in [-0.25, -0.2) is 0 Å². The minimum Gasteiger partial charge on any atom is -0.316 e. The quantitative estimate of drug-likeness (QED) is 0.708. The molecule has 2 rings (SSSR count). The number of nitrogens with one attached hydrogen (secondary N) is 1. The smallest absolute Gasteiger partial charge is 0.0121 e. The molecule has 0 aromatic carbocycles. The molecule has 0 bridgehead atoms. The third kappa shape index (κ3) is 2.23. The number of hydrogen-bond acceptors (Lipinski definition) is 2. The molecule has 0 radical (unpaired) electrons. The zero-order valence-corrected chi connectivity index (χ0v) is 8.92. The number of rotatable bonds is 3. The highest BCUT2D eigenvalue weighted by atomic mass is 15.1. The number of nitrogens with zero attached hydrogens (tertiary/aromatic N) is 1. The Kier molecular flexibility index (Phi) is 2.89. The van der Waals surface area contributed by atoms with Crippen molar-refractivity contribution in [1.82, 2.24) is 10.2 Å². The van der Waals surface area contributed by atoms with Crippen LogP contribution in [0, 0.1) is 11.8 Å². The van der Waals surface area contributed by atoms with Crippen LogP contribution >= 0.6 is 0 Å². The van der Waals surface area contributed by atoms with Crippen LogP contribution in [0.5, 0.6) is 0 Å². The molecule has 0 amide bonds. The van der Waals surface area contributed by atoms with Crippen molar-refractivity contribution in [3.63, 3.8) is 0 Å². The van der Waals surface area contributed by atoms with Gasteiger partial charge in [0.1, 0.15) is 0 Å². The Hall–Kier alpha value is -0.0800. The van der Waals surface area contributed by atoms with Crippen molar-refractivity contribution >= 4 is 0 Å². The van der Waals surface area contributed by atoms with Crippen molar-refractivity contribution in [3.05, 3.63) is 0 Å². The Balaban J connectivity index is 1.84. The normalized spacial score (nSPS) is 29.1. The van der Waals surface area contributed by atoms with Gasteiger partial charge >= 0.3 is 0 Å². The molecule has 2 aliphatic rings. The Bertz CT molecular complexity index is 157. The lowest BCUT2D eigenvalue weighted by Gasteiger charge is -2.34. The third-order valence-corrected chi connectivity index (χ3v) is 3.73. The number of likely N-dealkylation sites (tertiary alicyclic amines) is 1. The zero-order chi connectivity index (χ0) is 9.26. The summed E-state index contributed by atoms with van der Waals surface area (Å²) < 4.78 is 0. The van der Waals surface area contributed by atoms with Crippen LogP contribution in [0.15, 0.2) is 0 Å². The van der Waals surface area contributed by atoms with E-state index in [1.165, 1.54) is 38.8 Å². The summed E-state index contributed by atoms with van der Waals surface area (Å²) >= 11 is 0. The summed E-state index contributed by atoms with van der Waals surface area (Å²) in [6.45, 7) is 2.60. The van der Waals surface area contributed by atoms with Gasteiger partial charge in [0, 0.05) is 6.04 Å². The summed E-state index contributed by atoms with van der Waals surface area (Å²) in [4.78, 5) is 2.45. The first-order valence-corrected chi connectivity index (χ1v) is 5.67. The first-order chi connectivity index (χ1) is 6.31. The maximum atomic E-state index is 3.53. The molecule has 1 aliphatic carbocycles. The van der Waals surface area contributed by atoms with Crippen LogP contribution in [0.3, 0.4) is 0 Å². The minimum atomic E-state index is 0.827. The predicted octanol–water partition coefficient (Wildman–Crippen LogP) is 1.33. The molecule has 1 saturated heterocycles. The standard InChI is InChI=1S/C11H22N2/c1-12-11(9-3-4-9)10-5-7-13(2)8-6-10/h9-12H,3-8H2,1-2H3. The van der Waals surface area contributed by atoms with Gasteiger partial charge in [0.15, 0.2) is 0 Å². The largest absolute Gasteiger partial charge is 0.316 e. The highest BCUT2D eigenvalue weighted by Crippen LogP contribution is 2.38. The van der Waals surface area contributed by atoms with Crippen LogP contribution in [0.2, 0.25) is 0 Å². The molecule has 13 heavy (non-hydrogen) atoms. The van der Waals surface area contributed by atoms with Crippen LogP contribution in [0.1, 0.15) is 25.7 Å². The van der Waals surface area contributed by atoms with Crippen molar-refractivity contribution < 1.29 is 0 Å². The second-order valence-corrected chi connectivity index (χ2v) is 4.79. The monoisotopic (exact) mass is 182 g/mol. The molecule has 1 aliphatic heterocycles. The van der Waals surface area contributed by atoms with Crippen LogP contribution in [0.25, 0.3) is 0 Å². The first kappa shape index (κ1) is 9.47. The van der Waals surface area contributed by atoms with Gasteiger partial charge in [-0.1, -0.05) is 0 Å². The van der Waals surface area contributed by atoms with Gasteiger partial charge in [0.05, 0.1) is 0 Å².